The van der Waals surface area contributed by atoms with Gasteiger partial charge < -0.3 is 15.0 Å². The Morgan fingerprint density at radius 2 is 1.96 bits per heavy atom. The van der Waals surface area contributed by atoms with Crippen LogP contribution in [0, 0.1) is 0 Å². The van der Waals surface area contributed by atoms with Crippen LogP contribution in [0.4, 0.5) is 0 Å². The number of amides is 1. The Labute approximate surface area is 153 Å². The number of nitrogens with zero attached hydrogens (tertiary/aromatic N) is 1. The van der Waals surface area contributed by atoms with E-state index in [1.54, 1.807) is 0 Å². The average Bonchev–Trinajstić information content (AvgIpc) is 3.16. The van der Waals surface area contributed by atoms with Crippen LogP contribution in [-0.4, -0.2) is 20.2 Å². The number of H-pyrrole nitrogens is 1. The van der Waals surface area contributed by atoms with Crippen molar-refractivity contribution in [2.75, 3.05) is 0 Å². The molecule has 4 rings (SSSR count). The van der Waals surface area contributed by atoms with E-state index in [2.05, 4.69) is 15.3 Å². The van der Waals surface area contributed by atoms with Crippen LogP contribution in [0.2, 0.25) is 0 Å². The van der Waals surface area contributed by atoms with Crippen LogP contribution in [0.1, 0.15) is 11.4 Å². The van der Waals surface area contributed by atoms with E-state index >= 15 is 0 Å². The van der Waals surface area contributed by atoms with Crippen LogP contribution in [-0.2, 0) is 11.4 Å². The van der Waals surface area contributed by atoms with Gasteiger partial charge in [0, 0.05) is 0 Å². The minimum absolute atomic E-state index is 0.153. The van der Waals surface area contributed by atoms with E-state index in [0.29, 0.717) is 15.8 Å². The molecule has 2 heterocycles. The van der Waals surface area contributed by atoms with Crippen LogP contribution >= 0.6 is 24.0 Å². The number of hydrogen-bond donors (Lipinski definition) is 2. The Bertz CT molecular complexity index is 960. The van der Waals surface area contributed by atoms with E-state index in [9.17, 15) is 4.79 Å². The molecule has 25 heavy (non-hydrogen) atoms. The van der Waals surface area contributed by atoms with Gasteiger partial charge >= 0.3 is 0 Å². The van der Waals surface area contributed by atoms with Crippen LogP contribution in [0.5, 0.6) is 5.75 Å². The van der Waals surface area contributed by atoms with Crippen molar-refractivity contribution in [3.63, 3.8) is 0 Å². The van der Waals surface area contributed by atoms with Crippen molar-refractivity contribution < 1.29 is 9.53 Å². The molecule has 0 aliphatic carbocycles. The number of fused-ring (bicyclic) bond motifs is 1. The zero-order valence-electron chi connectivity index (χ0n) is 13.0. The molecule has 1 amide bonds. The van der Waals surface area contributed by atoms with Gasteiger partial charge in [0.15, 0.2) is 0 Å². The number of imidazole rings is 1. The first-order chi connectivity index (χ1) is 12.2. The Balaban J connectivity index is 1.43. The largest absolute Gasteiger partial charge is 0.486 e. The standard InChI is InChI=1S/C18H13N3O2S2/c22-17-15(25-18(24)21-17)9-11-5-7-12(8-6-11)23-10-16-19-13-3-1-2-4-14(13)20-16/h1-9H,10H2,(H,19,20)(H,21,22,24)/b15-9-. The monoisotopic (exact) mass is 367 g/mol. The van der Waals surface area contributed by atoms with Crippen LogP contribution in [0.3, 0.4) is 0 Å². The van der Waals surface area contributed by atoms with E-state index in [0.717, 1.165) is 28.2 Å². The van der Waals surface area contributed by atoms with Crippen molar-refractivity contribution in [1.82, 2.24) is 15.3 Å². The van der Waals surface area contributed by atoms with E-state index < -0.39 is 0 Å². The van der Waals surface area contributed by atoms with E-state index in [4.69, 9.17) is 17.0 Å². The van der Waals surface area contributed by atoms with Crippen molar-refractivity contribution in [1.29, 1.82) is 0 Å². The summed E-state index contributed by atoms with van der Waals surface area (Å²) in [6.45, 7) is 0.363. The summed E-state index contributed by atoms with van der Waals surface area (Å²) in [5.74, 6) is 1.36. The van der Waals surface area contributed by atoms with E-state index in [-0.39, 0.29) is 5.91 Å². The normalized spacial score (nSPS) is 15.8. The lowest BCUT2D eigenvalue weighted by molar-refractivity contribution is -0.115. The van der Waals surface area contributed by atoms with Gasteiger partial charge in [-0.25, -0.2) is 4.98 Å². The summed E-state index contributed by atoms with van der Waals surface area (Å²) in [4.78, 5) is 20.0. The molecule has 1 aliphatic heterocycles. The molecule has 1 fully saturated rings. The Hall–Kier alpha value is -2.64. The maximum absolute atomic E-state index is 11.7. The Morgan fingerprint density at radius 3 is 2.68 bits per heavy atom. The molecule has 0 radical (unpaired) electrons. The first kappa shape index (κ1) is 15.9. The van der Waals surface area contributed by atoms with Crippen LogP contribution in [0.15, 0.2) is 53.4 Å². The quantitative estimate of drug-likeness (QED) is 0.544. The number of thioether (sulfide) groups is 1. The van der Waals surface area contributed by atoms with Gasteiger partial charge in [-0.1, -0.05) is 48.2 Å². The second kappa shape index (κ2) is 6.70. The third kappa shape index (κ3) is 3.57. The highest BCUT2D eigenvalue weighted by Gasteiger charge is 2.21. The molecule has 2 aromatic carbocycles. The molecule has 1 aliphatic rings. The first-order valence-electron chi connectivity index (χ1n) is 7.59. The molecule has 1 aromatic heterocycles. The fourth-order valence-electron chi connectivity index (χ4n) is 2.46. The van der Waals surface area contributed by atoms with Crippen molar-refractivity contribution in [2.45, 2.75) is 6.61 Å². The number of carbonyl (C=O) groups is 1. The highest BCUT2D eigenvalue weighted by molar-refractivity contribution is 8.26. The number of ether oxygens (including phenoxy) is 1. The molecule has 1 saturated heterocycles. The highest BCUT2D eigenvalue weighted by Crippen LogP contribution is 2.26. The van der Waals surface area contributed by atoms with Gasteiger partial charge in [-0.05, 0) is 35.9 Å². The second-order valence-electron chi connectivity index (χ2n) is 5.41. The Kier molecular flexibility index (Phi) is 4.25. The van der Waals surface area contributed by atoms with Crippen molar-refractivity contribution in [2.24, 2.45) is 0 Å². The topological polar surface area (TPSA) is 67.0 Å². The van der Waals surface area contributed by atoms with Gasteiger partial charge in [-0.15, -0.1) is 0 Å². The molecular weight excluding hydrogens is 354 g/mol. The summed E-state index contributed by atoms with van der Waals surface area (Å²) in [5, 5.41) is 2.60. The summed E-state index contributed by atoms with van der Waals surface area (Å²) >= 11 is 6.25. The van der Waals surface area contributed by atoms with Gasteiger partial charge in [-0.2, -0.15) is 0 Å². The van der Waals surface area contributed by atoms with Gasteiger partial charge in [0.05, 0.1) is 15.9 Å². The fourth-order valence-corrected chi connectivity index (χ4v) is 3.50. The number of carbonyl (C=O) groups excluding carboxylic acids is 1. The number of hydrogen-bond acceptors (Lipinski definition) is 5. The number of para-hydroxylation sites is 2. The lowest BCUT2D eigenvalue weighted by Crippen LogP contribution is -2.17. The van der Waals surface area contributed by atoms with Crippen LogP contribution < -0.4 is 10.1 Å². The number of aromatic amines is 1. The zero-order chi connectivity index (χ0) is 17.2. The number of aromatic nitrogens is 2. The minimum atomic E-state index is -0.153. The maximum atomic E-state index is 11.7. The first-order valence-corrected chi connectivity index (χ1v) is 8.81. The van der Waals surface area contributed by atoms with Crippen LogP contribution in [0.25, 0.3) is 17.1 Å². The minimum Gasteiger partial charge on any atom is -0.486 e. The van der Waals surface area contributed by atoms with Gasteiger partial charge in [-0.3, -0.25) is 4.79 Å². The highest BCUT2D eigenvalue weighted by atomic mass is 32.2. The third-order valence-corrected chi connectivity index (χ3v) is 4.80. The molecule has 3 aromatic rings. The van der Waals surface area contributed by atoms with E-state index in [1.165, 1.54) is 11.8 Å². The summed E-state index contributed by atoms with van der Waals surface area (Å²) in [6.07, 6.45) is 1.81. The molecule has 0 spiro atoms. The molecule has 124 valence electrons. The molecule has 5 nitrogen and oxygen atoms in total. The average molecular weight is 367 g/mol. The summed E-state index contributed by atoms with van der Waals surface area (Å²) in [5.41, 5.74) is 2.83. The molecule has 0 bridgehead atoms. The third-order valence-electron chi connectivity index (χ3n) is 3.63. The SMILES string of the molecule is O=C1NC(=S)S/C1=C\c1ccc(OCc2nc3ccccc3[nH]2)cc1. The second-order valence-corrected chi connectivity index (χ2v) is 7.13. The lowest BCUT2D eigenvalue weighted by atomic mass is 10.2. The molecular formula is C18H13N3O2S2. The number of rotatable bonds is 4. The van der Waals surface area contributed by atoms with Gasteiger partial charge in [0.25, 0.3) is 5.91 Å². The van der Waals surface area contributed by atoms with Crippen molar-refractivity contribution in [3.8, 4) is 5.75 Å². The summed E-state index contributed by atoms with van der Waals surface area (Å²) in [6, 6.07) is 15.4. The summed E-state index contributed by atoms with van der Waals surface area (Å²) in [7, 11) is 0. The molecule has 0 atom stereocenters. The summed E-state index contributed by atoms with van der Waals surface area (Å²) < 4.78 is 6.25. The maximum Gasteiger partial charge on any atom is 0.263 e. The van der Waals surface area contributed by atoms with Gasteiger partial charge in [0.2, 0.25) is 0 Å². The lowest BCUT2D eigenvalue weighted by Gasteiger charge is -2.04. The number of benzene rings is 2. The molecule has 0 saturated carbocycles. The molecule has 0 unspecified atom stereocenters. The smallest absolute Gasteiger partial charge is 0.263 e. The zero-order valence-corrected chi connectivity index (χ0v) is 14.6. The molecule has 2 N–H and O–H groups in total. The predicted octanol–water partition coefficient (Wildman–Crippen LogP) is 3.63. The van der Waals surface area contributed by atoms with Gasteiger partial charge in [0.1, 0.15) is 22.5 Å². The van der Waals surface area contributed by atoms with Crippen molar-refractivity contribution in [3.05, 3.63) is 64.8 Å². The Morgan fingerprint density at radius 1 is 1.16 bits per heavy atom. The van der Waals surface area contributed by atoms with Crippen molar-refractivity contribution >= 4 is 51.3 Å². The number of nitrogens with one attached hydrogen (secondary N) is 2. The fraction of sp³-hybridized carbons (Fsp3) is 0.0556. The predicted molar refractivity (Wildman–Crippen MR) is 103 cm³/mol. The van der Waals surface area contributed by atoms with E-state index in [1.807, 2.05) is 54.6 Å². The number of thiocarbonyl (C=S) groups is 1. The molecule has 7 heteroatoms.